The van der Waals surface area contributed by atoms with Crippen molar-refractivity contribution in [3.63, 3.8) is 0 Å². The Morgan fingerprint density at radius 3 is 2.32 bits per heavy atom. The summed E-state index contributed by atoms with van der Waals surface area (Å²) in [5, 5.41) is 3.09. The van der Waals surface area contributed by atoms with Crippen LogP contribution in [-0.2, 0) is 27.7 Å². The highest BCUT2D eigenvalue weighted by Gasteiger charge is 2.26. The number of hydrogen-bond donors (Lipinski definition) is 1. The summed E-state index contributed by atoms with van der Waals surface area (Å²) < 4.78 is 31.2. The molecule has 4 rings (SSSR count). The van der Waals surface area contributed by atoms with Crippen molar-refractivity contribution in [1.82, 2.24) is 10.2 Å². The van der Waals surface area contributed by atoms with Crippen molar-refractivity contribution in [2.24, 2.45) is 0 Å². The minimum absolute atomic E-state index is 0.0204. The largest absolute Gasteiger partial charge is 0.489 e. The summed E-state index contributed by atoms with van der Waals surface area (Å²) in [6.45, 7) is 3.54. The molecule has 1 amide bonds. The van der Waals surface area contributed by atoms with E-state index in [1.165, 1.54) is 18.4 Å². The Morgan fingerprint density at radius 2 is 1.61 bits per heavy atom. The molecule has 2 aromatic rings. The summed E-state index contributed by atoms with van der Waals surface area (Å²) in [6.07, 6.45) is 9.55. The number of benzene rings is 2. The molecule has 6 nitrogen and oxygen atoms in total. The van der Waals surface area contributed by atoms with Gasteiger partial charge in [-0.05, 0) is 81.3 Å². The molecule has 1 heterocycles. The van der Waals surface area contributed by atoms with Crippen molar-refractivity contribution < 1.29 is 17.9 Å². The van der Waals surface area contributed by atoms with Gasteiger partial charge in [0.15, 0.2) is 9.84 Å². The number of rotatable bonds is 14. The zero-order chi connectivity index (χ0) is 26.6. The van der Waals surface area contributed by atoms with E-state index < -0.39 is 9.84 Å². The fourth-order valence-electron chi connectivity index (χ4n) is 5.66. The van der Waals surface area contributed by atoms with Crippen molar-refractivity contribution in [3.8, 4) is 5.75 Å². The first kappa shape index (κ1) is 28.6. The average Bonchev–Trinajstić information content (AvgIpc) is 3.45. The first-order valence-corrected chi connectivity index (χ1v) is 16.2. The molecule has 208 valence electrons. The van der Waals surface area contributed by atoms with Crippen molar-refractivity contribution in [3.05, 3.63) is 65.7 Å². The summed E-state index contributed by atoms with van der Waals surface area (Å²) in [4.78, 5) is 15.2. The van der Waals surface area contributed by atoms with Crippen molar-refractivity contribution in [1.29, 1.82) is 0 Å². The molecule has 1 atom stereocenters. The number of nitrogens with zero attached hydrogens (tertiary/aromatic N) is 1. The lowest BCUT2D eigenvalue weighted by molar-refractivity contribution is -0.122. The lowest BCUT2D eigenvalue weighted by Gasteiger charge is -2.25. The van der Waals surface area contributed by atoms with Crippen LogP contribution in [0.5, 0.6) is 5.75 Å². The molecule has 1 saturated carbocycles. The number of amides is 1. The number of likely N-dealkylation sites (tertiary alicyclic amines) is 1. The normalized spacial score (nSPS) is 17.8. The Balaban J connectivity index is 1.24. The van der Waals surface area contributed by atoms with Gasteiger partial charge >= 0.3 is 0 Å². The SMILES string of the molecule is O=C(CCCCS(=O)(=O)C1CCCCC1)N[C@@H](Cc1ccc(OCc2ccccc2)cc1)CN1CCCC1. The fraction of sp³-hybridized carbons (Fsp3) is 0.581. The maximum Gasteiger partial charge on any atom is 0.220 e. The first-order chi connectivity index (χ1) is 18.5. The van der Waals surface area contributed by atoms with E-state index in [0.29, 0.717) is 25.9 Å². The van der Waals surface area contributed by atoms with Gasteiger partial charge < -0.3 is 15.0 Å². The second-order valence-electron chi connectivity index (χ2n) is 11.0. The molecule has 1 aliphatic carbocycles. The molecule has 1 aliphatic heterocycles. The van der Waals surface area contributed by atoms with Crippen LogP contribution in [0, 0.1) is 0 Å². The van der Waals surface area contributed by atoms with Gasteiger partial charge in [0.2, 0.25) is 5.91 Å². The number of ether oxygens (including phenoxy) is 1. The highest BCUT2D eigenvalue weighted by atomic mass is 32.2. The van der Waals surface area contributed by atoms with Gasteiger partial charge in [0.05, 0.1) is 11.0 Å². The van der Waals surface area contributed by atoms with Gasteiger partial charge in [0.1, 0.15) is 12.4 Å². The van der Waals surface area contributed by atoms with E-state index in [-0.39, 0.29) is 23.0 Å². The van der Waals surface area contributed by atoms with Crippen LogP contribution in [0.4, 0.5) is 0 Å². The molecule has 1 saturated heterocycles. The van der Waals surface area contributed by atoms with Crippen LogP contribution in [0.3, 0.4) is 0 Å². The number of carbonyl (C=O) groups excluding carboxylic acids is 1. The lowest BCUT2D eigenvalue weighted by Crippen LogP contribution is -2.44. The summed E-state index contributed by atoms with van der Waals surface area (Å²) in [5.74, 6) is 1.06. The summed E-state index contributed by atoms with van der Waals surface area (Å²) in [6, 6.07) is 18.3. The van der Waals surface area contributed by atoms with Gasteiger partial charge in [-0.15, -0.1) is 0 Å². The molecule has 38 heavy (non-hydrogen) atoms. The summed E-state index contributed by atoms with van der Waals surface area (Å²) in [7, 11) is -3.03. The minimum Gasteiger partial charge on any atom is -0.489 e. The van der Waals surface area contributed by atoms with E-state index in [0.717, 1.165) is 69.5 Å². The second kappa shape index (κ2) is 14.7. The molecule has 2 aliphatic rings. The standard InChI is InChI=1S/C31H44N2O4S/c34-31(15-7-10-22-38(35,36)30-13-5-2-6-14-30)32-28(24-33-20-8-9-21-33)23-26-16-18-29(19-17-26)37-25-27-11-3-1-4-12-27/h1,3-4,11-12,16-19,28,30H,2,5-10,13-15,20-25H2,(H,32,34)/t28-/m0/s1. The van der Waals surface area contributed by atoms with E-state index in [4.69, 9.17) is 4.74 Å². The smallest absolute Gasteiger partial charge is 0.220 e. The van der Waals surface area contributed by atoms with Crippen molar-refractivity contribution in [2.75, 3.05) is 25.4 Å². The number of hydrogen-bond acceptors (Lipinski definition) is 5. The zero-order valence-corrected chi connectivity index (χ0v) is 23.5. The quantitative estimate of drug-likeness (QED) is 0.329. The Hall–Kier alpha value is -2.38. The zero-order valence-electron chi connectivity index (χ0n) is 22.7. The third kappa shape index (κ3) is 9.42. The van der Waals surface area contributed by atoms with E-state index in [1.54, 1.807) is 0 Å². The van der Waals surface area contributed by atoms with Gasteiger partial charge in [0.25, 0.3) is 0 Å². The van der Waals surface area contributed by atoms with Crippen LogP contribution in [0.15, 0.2) is 54.6 Å². The molecule has 0 unspecified atom stereocenters. The van der Waals surface area contributed by atoms with Gasteiger partial charge in [-0.3, -0.25) is 4.79 Å². The van der Waals surface area contributed by atoms with Gasteiger partial charge in [-0.25, -0.2) is 8.42 Å². The molecule has 0 spiro atoms. The summed E-state index contributed by atoms with van der Waals surface area (Å²) in [5.41, 5.74) is 2.30. The third-order valence-corrected chi connectivity index (χ3v) is 10.2. The topological polar surface area (TPSA) is 75.7 Å². The molecular formula is C31H44N2O4S. The number of unbranched alkanes of at least 4 members (excludes halogenated alkanes) is 1. The molecular weight excluding hydrogens is 496 g/mol. The molecule has 7 heteroatoms. The van der Waals surface area contributed by atoms with Crippen LogP contribution in [0.25, 0.3) is 0 Å². The lowest BCUT2D eigenvalue weighted by atomic mass is 10.0. The van der Waals surface area contributed by atoms with Gasteiger partial charge in [-0.1, -0.05) is 61.7 Å². The van der Waals surface area contributed by atoms with Gasteiger partial charge in [0, 0.05) is 19.0 Å². The number of nitrogens with one attached hydrogen (secondary N) is 1. The van der Waals surface area contributed by atoms with Crippen LogP contribution >= 0.6 is 0 Å². The van der Waals surface area contributed by atoms with E-state index in [2.05, 4.69) is 34.5 Å². The Bertz CT molecular complexity index is 1080. The minimum atomic E-state index is -3.03. The van der Waals surface area contributed by atoms with Crippen LogP contribution in [-0.4, -0.2) is 55.9 Å². The van der Waals surface area contributed by atoms with Crippen molar-refractivity contribution in [2.45, 2.75) is 88.5 Å². The maximum absolute atomic E-state index is 12.8. The fourth-order valence-corrected chi connectivity index (χ4v) is 7.66. The highest BCUT2D eigenvalue weighted by molar-refractivity contribution is 7.92. The van der Waals surface area contributed by atoms with E-state index >= 15 is 0 Å². The first-order valence-electron chi connectivity index (χ1n) is 14.5. The van der Waals surface area contributed by atoms with Crippen molar-refractivity contribution >= 4 is 15.7 Å². The van der Waals surface area contributed by atoms with E-state index in [9.17, 15) is 13.2 Å². The van der Waals surface area contributed by atoms with Crippen LogP contribution in [0.2, 0.25) is 0 Å². The Labute approximate surface area is 229 Å². The molecule has 2 fully saturated rings. The predicted octanol–water partition coefficient (Wildman–Crippen LogP) is 5.31. The predicted molar refractivity (Wildman–Crippen MR) is 153 cm³/mol. The third-order valence-electron chi connectivity index (χ3n) is 7.84. The Kier molecular flexibility index (Phi) is 11.1. The average molecular weight is 541 g/mol. The molecule has 2 aromatic carbocycles. The number of carbonyl (C=O) groups is 1. The second-order valence-corrected chi connectivity index (χ2v) is 13.4. The molecule has 0 radical (unpaired) electrons. The maximum atomic E-state index is 12.8. The highest BCUT2D eigenvalue weighted by Crippen LogP contribution is 2.25. The van der Waals surface area contributed by atoms with E-state index in [1.807, 2.05) is 30.3 Å². The monoisotopic (exact) mass is 540 g/mol. The molecule has 0 aromatic heterocycles. The molecule has 0 bridgehead atoms. The van der Waals surface area contributed by atoms with Crippen LogP contribution in [0.1, 0.15) is 75.3 Å². The Morgan fingerprint density at radius 1 is 0.895 bits per heavy atom. The summed E-state index contributed by atoms with van der Waals surface area (Å²) >= 11 is 0. The van der Waals surface area contributed by atoms with Gasteiger partial charge in [-0.2, -0.15) is 0 Å². The van der Waals surface area contributed by atoms with Crippen LogP contribution < -0.4 is 10.1 Å². The number of sulfone groups is 1. The molecule has 1 N–H and O–H groups in total.